The van der Waals surface area contributed by atoms with Crippen molar-refractivity contribution in [3.05, 3.63) is 59.7 Å². The van der Waals surface area contributed by atoms with Crippen molar-refractivity contribution in [2.75, 3.05) is 12.4 Å². The minimum absolute atomic E-state index is 0.355. The summed E-state index contributed by atoms with van der Waals surface area (Å²) in [6.07, 6.45) is -0.947. The van der Waals surface area contributed by atoms with Gasteiger partial charge >= 0.3 is 0 Å². The van der Waals surface area contributed by atoms with Crippen LogP contribution >= 0.6 is 0 Å². The van der Waals surface area contributed by atoms with Gasteiger partial charge in [-0.05, 0) is 6.07 Å². The molecule has 0 spiro atoms. The molecular weight excluding hydrogens is 266 g/mol. The Balaban J connectivity index is 2.24. The zero-order chi connectivity index (χ0) is 14.8. The highest BCUT2D eigenvalue weighted by Gasteiger charge is 2.25. The molecular formula is C16H15N3O2. The lowest BCUT2D eigenvalue weighted by Gasteiger charge is -2.13. The molecule has 0 fully saturated rings. The van der Waals surface area contributed by atoms with Gasteiger partial charge in [0.05, 0.1) is 18.5 Å². The third-order valence-corrected chi connectivity index (χ3v) is 3.33. The first-order valence-corrected chi connectivity index (χ1v) is 6.58. The number of rotatable bonds is 2. The molecule has 0 radical (unpaired) electrons. The molecule has 1 heterocycles. The quantitative estimate of drug-likeness (QED) is 0.880. The minimum atomic E-state index is -0.947. The number of benzodiazepines with no additional fused rings is 1. The van der Waals surface area contributed by atoms with E-state index in [0.717, 1.165) is 11.1 Å². The molecule has 5 nitrogen and oxygen atoms in total. The SMILES string of the molecule is COc1cccc2c1NC(=O)C(N)N=C2c1ccccc1. The first-order chi connectivity index (χ1) is 10.2. The third kappa shape index (κ3) is 2.39. The molecule has 3 N–H and O–H groups in total. The van der Waals surface area contributed by atoms with Gasteiger partial charge in [0, 0.05) is 11.1 Å². The largest absolute Gasteiger partial charge is 0.495 e. The number of nitrogens with one attached hydrogen (secondary N) is 1. The molecule has 106 valence electrons. The predicted octanol–water partition coefficient (Wildman–Crippen LogP) is 1.77. The lowest BCUT2D eigenvalue weighted by molar-refractivity contribution is -0.117. The van der Waals surface area contributed by atoms with Crippen LogP contribution in [0.3, 0.4) is 0 Å². The zero-order valence-corrected chi connectivity index (χ0v) is 11.5. The van der Waals surface area contributed by atoms with Crippen molar-refractivity contribution in [3.63, 3.8) is 0 Å². The molecule has 1 unspecified atom stereocenters. The second-order valence-electron chi connectivity index (χ2n) is 4.66. The number of hydrogen-bond acceptors (Lipinski definition) is 4. The van der Waals surface area contributed by atoms with Crippen LogP contribution in [-0.4, -0.2) is 24.9 Å². The Bertz CT molecular complexity index is 711. The number of aliphatic imine (C=N–C) groups is 1. The standard InChI is InChI=1S/C16H15N3O2/c1-21-12-9-5-8-11-13(10-6-3-2-4-7-10)18-15(17)16(20)19-14(11)12/h2-9,15H,17H2,1H3,(H,19,20). The highest BCUT2D eigenvalue weighted by molar-refractivity contribution is 6.20. The topological polar surface area (TPSA) is 76.7 Å². The highest BCUT2D eigenvalue weighted by atomic mass is 16.5. The van der Waals surface area contributed by atoms with E-state index in [1.807, 2.05) is 42.5 Å². The van der Waals surface area contributed by atoms with Gasteiger partial charge in [0.25, 0.3) is 5.91 Å². The number of amides is 1. The lowest BCUT2D eigenvalue weighted by Crippen LogP contribution is -2.33. The molecule has 0 aliphatic carbocycles. The van der Waals surface area contributed by atoms with Crippen molar-refractivity contribution < 1.29 is 9.53 Å². The summed E-state index contributed by atoms with van der Waals surface area (Å²) in [6, 6.07) is 15.2. The Hall–Kier alpha value is -2.66. The Morgan fingerprint density at radius 1 is 1.14 bits per heavy atom. The first-order valence-electron chi connectivity index (χ1n) is 6.58. The predicted molar refractivity (Wildman–Crippen MR) is 81.7 cm³/mol. The van der Waals surface area contributed by atoms with Gasteiger partial charge in [0.15, 0.2) is 6.17 Å². The Labute approximate surface area is 122 Å². The zero-order valence-electron chi connectivity index (χ0n) is 11.5. The normalized spacial score (nSPS) is 17.3. The number of nitrogens with two attached hydrogens (primary N) is 1. The number of anilines is 1. The molecule has 1 atom stereocenters. The van der Waals surface area contributed by atoms with Gasteiger partial charge in [-0.15, -0.1) is 0 Å². The van der Waals surface area contributed by atoms with E-state index in [2.05, 4.69) is 10.3 Å². The molecule has 21 heavy (non-hydrogen) atoms. The maximum Gasteiger partial charge on any atom is 0.263 e. The maximum absolute atomic E-state index is 12.0. The summed E-state index contributed by atoms with van der Waals surface area (Å²) in [6.45, 7) is 0. The average Bonchev–Trinajstić information content (AvgIpc) is 2.65. The van der Waals surface area contributed by atoms with Crippen LogP contribution in [0.25, 0.3) is 0 Å². The van der Waals surface area contributed by atoms with Crippen LogP contribution in [0.1, 0.15) is 11.1 Å². The molecule has 3 rings (SSSR count). The van der Waals surface area contributed by atoms with E-state index in [9.17, 15) is 4.79 Å². The van der Waals surface area contributed by atoms with Gasteiger partial charge in [-0.25, -0.2) is 0 Å². The second kappa shape index (κ2) is 5.38. The Morgan fingerprint density at radius 2 is 1.90 bits per heavy atom. The maximum atomic E-state index is 12.0. The van der Waals surface area contributed by atoms with E-state index >= 15 is 0 Å². The molecule has 2 aromatic carbocycles. The number of nitrogens with zero attached hydrogens (tertiary/aromatic N) is 1. The van der Waals surface area contributed by atoms with Crippen LogP contribution in [0.2, 0.25) is 0 Å². The van der Waals surface area contributed by atoms with E-state index in [1.165, 1.54) is 0 Å². The number of carbonyl (C=O) groups excluding carboxylic acids is 1. The summed E-state index contributed by atoms with van der Waals surface area (Å²) in [5.74, 6) is 0.227. The Kier molecular flexibility index (Phi) is 3.41. The minimum Gasteiger partial charge on any atom is -0.495 e. The van der Waals surface area contributed by atoms with Crippen molar-refractivity contribution >= 4 is 17.3 Å². The molecule has 1 amide bonds. The van der Waals surface area contributed by atoms with Gasteiger partial charge in [-0.3, -0.25) is 9.79 Å². The summed E-state index contributed by atoms with van der Waals surface area (Å²) in [7, 11) is 1.56. The van der Waals surface area contributed by atoms with Crippen molar-refractivity contribution in [1.82, 2.24) is 0 Å². The molecule has 0 saturated carbocycles. The van der Waals surface area contributed by atoms with Gasteiger partial charge in [-0.2, -0.15) is 0 Å². The number of benzene rings is 2. The first kappa shape index (κ1) is 13.3. The second-order valence-corrected chi connectivity index (χ2v) is 4.66. The number of carbonyl (C=O) groups is 1. The van der Waals surface area contributed by atoms with Crippen molar-refractivity contribution in [3.8, 4) is 5.75 Å². The number of hydrogen-bond donors (Lipinski definition) is 2. The van der Waals surface area contributed by atoms with E-state index < -0.39 is 6.17 Å². The van der Waals surface area contributed by atoms with E-state index in [0.29, 0.717) is 17.1 Å². The summed E-state index contributed by atoms with van der Waals surface area (Å²) in [4.78, 5) is 16.4. The molecule has 0 saturated heterocycles. The molecule has 2 aromatic rings. The molecule has 1 aliphatic rings. The van der Waals surface area contributed by atoms with Crippen LogP contribution in [0.4, 0.5) is 5.69 Å². The van der Waals surface area contributed by atoms with E-state index in [1.54, 1.807) is 13.2 Å². The summed E-state index contributed by atoms with van der Waals surface area (Å²) < 4.78 is 5.33. The fourth-order valence-electron chi connectivity index (χ4n) is 2.32. The van der Waals surface area contributed by atoms with Crippen molar-refractivity contribution in [1.29, 1.82) is 0 Å². The molecule has 1 aliphatic heterocycles. The molecule has 5 heteroatoms. The van der Waals surface area contributed by atoms with Crippen LogP contribution in [-0.2, 0) is 4.79 Å². The third-order valence-electron chi connectivity index (χ3n) is 3.33. The van der Waals surface area contributed by atoms with Crippen LogP contribution in [0.15, 0.2) is 53.5 Å². The smallest absolute Gasteiger partial charge is 0.263 e. The van der Waals surface area contributed by atoms with Crippen LogP contribution in [0, 0.1) is 0 Å². The monoisotopic (exact) mass is 281 g/mol. The lowest BCUT2D eigenvalue weighted by atomic mass is 10.0. The van der Waals surface area contributed by atoms with Crippen molar-refractivity contribution in [2.45, 2.75) is 6.17 Å². The van der Waals surface area contributed by atoms with Crippen LogP contribution < -0.4 is 15.8 Å². The summed E-state index contributed by atoms with van der Waals surface area (Å²) in [5, 5.41) is 2.79. The molecule has 0 aromatic heterocycles. The highest BCUT2D eigenvalue weighted by Crippen LogP contribution is 2.32. The van der Waals surface area contributed by atoms with Gasteiger partial charge in [0.1, 0.15) is 5.75 Å². The van der Waals surface area contributed by atoms with Gasteiger partial charge in [-0.1, -0.05) is 42.5 Å². The molecule has 0 bridgehead atoms. The fourth-order valence-corrected chi connectivity index (χ4v) is 2.32. The van der Waals surface area contributed by atoms with Crippen LogP contribution in [0.5, 0.6) is 5.75 Å². The number of methoxy groups -OCH3 is 1. The average molecular weight is 281 g/mol. The number of ether oxygens (including phenoxy) is 1. The van der Waals surface area contributed by atoms with Gasteiger partial charge < -0.3 is 15.8 Å². The summed E-state index contributed by atoms with van der Waals surface area (Å²) >= 11 is 0. The van der Waals surface area contributed by atoms with E-state index in [-0.39, 0.29) is 5.91 Å². The fraction of sp³-hybridized carbons (Fsp3) is 0.125. The summed E-state index contributed by atoms with van der Waals surface area (Å²) in [5.41, 5.74) is 8.81. The number of fused-ring (bicyclic) bond motifs is 1. The Morgan fingerprint density at radius 3 is 2.62 bits per heavy atom. The number of para-hydroxylation sites is 1. The van der Waals surface area contributed by atoms with Crippen molar-refractivity contribution in [2.24, 2.45) is 10.7 Å². The van der Waals surface area contributed by atoms with Gasteiger partial charge in [0.2, 0.25) is 0 Å². The van der Waals surface area contributed by atoms with E-state index in [4.69, 9.17) is 10.5 Å².